The number of alkyl halides is 3. The van der Waals surface area contributed by atoms with Crippen molar-refractivity contribution in [3.8, 4) is 0 Å². The second-order valence-corrected chi connectivity index (χ2v) is 7.09. The zero-order valence-electron chi connectivity index (χ0n) is 10.8. The maximum Gasteiger partial charge on any atom is 0.262 e. The van der Waals surface area contributed by atoms with Crippen molar-refractivity contribution in [2.75, 3.05) is 13.1 Å². The van der Waals surface area contributed by atoms with Crippen molar-refractivity contribution in [1.29, 1.82) is 0 Å². The third-order valence-corrected chi connectivity index (χ3v) is 3.58. The summed E-state index contributed by atoms with van der Waals surface area (Å²) in [5, 5.41) is 2.79. The molecule has 106 valence electrons. The monoisotopic (exact) mass is 317 g/mol. The lowest BCUT2D eigenvalue weighted by Crippen LogP contribution is -3.22. The fourth-order valence-corrected chi connectivity index (χ4v) is 2.86. The summed E-state index contributed by atoms with van der Waals surface area (Å²) < 4.78 is 4.12. The number of rotatable bonds is 3. The van der Waals surface area contributed by atoms with Crippen LogP contribution in [-0.4, -0.2) is 41.2 Å². The number of carbonyl (C=O) groups is 1. The third kappa shape index (κ3) is 4.74. The molecule has 0 bridgehead atoms. The molecule has 1 aliphatic heterocycles. The maximum atomic E-state index is 11.5. The molecule has 0 unspecified atom stereocenters. The van der Waals surface area contributed by atoms with Crippen molar-refractivity contribution >= 4 is 40.7 Å². The molecule has 0 saturated carbocycles. The van der Waals surface area contributed by atoms with Gasteiger partial charge in [-0.2, -0.15) is 0 Å². The van der Waals surface area contributed by atoms with E-state index in [1.54, 1.807) is 6.92 Å². The van der Waals surface area contributed by atoms with Crippen LogP contribution in [0.15, 0.2) is 0 Å². The van der Waals surface area contributed by atoms with Gasteiger partial charge >= 0.3 is 0 Å². The number of hydrogen-bond acceptors (Lipinski definition) is 2. The third-order valence-electron chi connectivity index (χ3n) is 2.93. The summed E-state index contributed by atoms with van der Waals surface area (Å²) in [6, 6.07) is 0. The SMILES string of the molecule is CCC(=O)N[C@H]([NH+]1C[C@@H](C)O[C@H](C)C1)C(Cl)(Cl)Cl. The Morgan fingerprint density at radius 1 is 1.39 bits per heavy atom. The molecule has 7 heteroatoms. The zero-order valence-corrected chi connectivity index (χ0v) is 13.1. The van der Waals surface area contributed by atoms with Crippen molar-refractivity contribution < 1.29 is 14.4 Å². The van der Waals surface area contributed by atoms with Crippen molar-refractivity contribution in [3.05, 3.63) is 0 Å². The molecule has 0 spiro atoms. The van der Waals surface area contributed by atoms with Gasteiger partial charge < -0.3 is 15.0 Å². The molecule has 1 aliphatic rings. The highest BCUT2D eigenvalue weighted by atomic mass is 35.6. The van der Waals surface area contributed by atoms with Crippen LogP contribution >= 0.6 is 34.8 Å². The van der Waals surface area contributed by atoms with Crippen LogP contribution in [-0.2, 0) is 9.53 Å². The summed E-state index contributed by atoms with van der Waals surface area (Å²) in [7, 11) is 0. The number of nitrogens with one attached hydrogen (secondary N) is 2. The molecule has 1 fully saturated rings. The number of quaternary nitrogens is 1. The van der Waals surface area contributed by atoms with E-state index in [4.69, 9.17) is 39.5 Å². The molecule has 1 amide bonds. The average Bonchev–Trinajstić information content (AvgIpc) is 2.22. The summed E-state index contributed by atoms with van der Waals surface area (Å²) in [6.45, 7) is 7.13. The second kappa shape index (κ2) is 6.62. The first-order valence-electron chi connectivity index (χ1n) is 6.10. The molecule has 1 heterocycles. The first kappa shape index (κ1) is 16.3. The lowest BCUT2D eigenvalue weighted by Gasteiger charge is -2.39. The van der Waals surface area contributed by atoms with Gasteiger partial charge in [-0.15, -0.1) is 0 Å². The molecule has 18 heavy (non-hydrogen) atoms. The number of hydrogen-bond donors (Lipinski definition) is 2. The van der Waals surface area contributed by atoms with Crippen LogP contribution in [0.25, 0.3) is 0 Å². The van der Waals surface area contributed by atoms with E-state index < -0.39 is 9.96 Å². The van der Waals surface area contributed by atoms with Gasteiger partial charge in [-0.05, 0) is 13.8 Å². The van der Waals surface area contributed by atoms with Crippen LogP contribution in [0.4, 0.5) is 0 Å². The van der Waals surface area contributed by atoms with Crippen LogP contribution in [0, 0.1) is 0 Å². The smallest absolute Gasteiger partial charge is 0.262 e. The number of amides is 1. The summed E-state index contributed by atoms with van der Waals surface area (Å²) in [5.41, 5.74) is 0. The number of halogens is 3. The summed E-state index contributed by atoms with van der Waals surface area (Å²) in [5.74, 6) is -0.120. The number of ether oxygens (including phenoxy) is 1. The van der Waals surface area contributed by atoms with Crippen LogP contribution < -0.4 is 10.2 Å². The molecular weight excluding hydrogens is 298 g/mol. The van der Waals surface area contributed by atoms with Gasteiger partial charge in [0, 0.05) is 6.42 Å². The van der Waals surface area contributed by atoms with E-state index in [-0.39, 0.29) is 18.1 Å². The van der Waals surface area contributed by atoms with E-state index in [2.05, 4.69) is 5.32 Å². The first-order chi connectivity index (χ1) is 8.24. The van der Waals surface area contributed by atoms with E-state index in [1.165, 1.54) is 0 Å². The van der Waals surface area contributed by atoms with Crippen LogP contribution in [0.3, 0.4) is 0 Å². The summed E-state index contributed by atoms with van der Waals surface area (Å²) >= 11 is 18.0. The predicted octanol–water partition coefficient (Wildman–Crippen LogP) is 0.901. The van der Waals surface area contributed by atoms with Gasteiger partial charge in [-0.3, -0.25) is 4.79 Å². The van der Waals surface area contributed by atoms with E-state index in [9.17, 15) is 4.79 Å². The molecule has 0 radical (unpaired) electrons. The minimum Gasteiger partial charge on any atom is -0.364 e. The Labute approximate surface area is 123 Å². The molecule has 4 nitrogen and oxygen atoms in total. The van der Waals surface area contributed by atoms with Crippen LogP contribution in [0.2, 0.25) is 0 Å². The van der Waals surface area contributed by atoms with E-state index >= 15 is 0 Å². The van der Waals surface area contributed by atoms with E-state index in [1.807, 2.05) is 13.8 Å². The minimum absolute atomic E-state index is 0.0807. The molecule has 1 saturated heterocycles. The highest BCUT2D eigenvalue weighted by Crippen LogP contribution is 2.28. The molecule has 1 rings (SSSR count). The normalized spacial score (nSPS) is 30.9. The first-order valence-corrected chi connectivity index (χ1v) is 7.23. The van der Waals surface area contributed by atoms with Crippen molar-refractivity contribution in [2.24, 2.45) is 0 Å². The van der Waals surface area contributed by atoms with Gasteiger partial charge in [-0.1, -0.05) is 41.7 Å². The summed E-state index contributed by atoms with van der Waals surface area (Å²) in [4.78, 5) is 12.6. The highest BCUT2D eigenvalue weighted by Gasteiger charge is 2.44. The largest absolute Gasteiger partial charge is 0.364 e. The Morgan fingerprint density at radius 3 is 2.28 bits per heavy atom. The van der Waals surface area contributed by atoms with Gasteiger partial charge in [0.15, 0.2) is 0 Å². The fourth-order valence-electron chi connectivity index (χ4n) is 2.23. The lowest BCUT2D eigenvalue weighted by atomic mass is 10.2. The second-order valence-electron chi connectivity index (χ2n) is 4.72. The molecule has 0 aromatic rings. The van der Waals surface area contributed by atoms with Crippen LogP contribution in [0.5, 0.6) is 0 Å². The molecule has 0 aromatic heterocycles. The molecule has 0 aliphatic carbocycles. The number of carbonyl (C=O) groups excluding carboxylic acids is 1. The topological polar surface area (TPSA) is 42.8 Å². The Balaban J connectivity index is 2.79. The predicted molar refractivity (Wildman–Crippen MR) is 73.2 cm³/mol. The van der Waals surface area contributed by atoms with Gasteiger partial charge in [-0.25, -0.2) is 0 Å². The Morgan fingerprint density at radius 2 is 1.89 bits per heavy atom. The van der Waals surface area contributed by atoms with Crippen molar-refractivity contribution in [3.63, 3.8) is 0 Å². The van der Waals surface area contributed by atoms with Gasteiger partial charge in [0.1, 0.15) is 25.3 Å². The lowest BCUT2D eigenvalue weighted by molar-refractivity contribution is -0.941. The Hall–Kier alpha value is 0.260. The Bertz CT molecular complexity index is 287. The van der Waals surface area contributed by atoms with Crippen molar-refractivity contribution in [2.45, 2.75) is 49.4 Å². The quantitative estimate of drug-likeness (QED) is 0.759. The van der Waals surface area contributed by atoms with Gasteiger partial charge in [0.05, 0.1) is 0 Å². The van der Waals surface area contributed by atoms with Crippen molar-refractivity contribution in [1.82, 2.24) is 5.32 Å². The fraction of sp³-hybridized carbons (Fsp3) is 0.909. The number of morpholine rings is 1. The molecular formula is C11H20Cl3N2O2+. The molecule has 2 N–H and O–H groups in total. The highest BCUT2D eigenvalue weighted by molar-refractivity contribution is 6.68. The molecule has 0 aromatic carbocycles. The maximum absolute atomic E-state index is 11.5. The standard InChI is InChI=1S/C11H19Cl3N2O2/c1-4-9(17)15-10(11(12,13)14)16-5-7(2)18-8(3)6-16/h7-8,10H,4-6H2,1-3H3,(H,15,17)/p+1/t7-,8-,10-/m1/s1. The molecule has 3 atom stereocenters. The van der Waals surface area contributed by atoms with E-state index in [0.717, 1.165) is 4.90 Å². The van der Waals surface area contributed by atoms with E-state index in [0.29, 0.717) is 19.5 Å². The summed E-state index contributed by atoms with van der Waals surface area (Å²) in [6.07, 6.45) is -0.0235. The average molecular weight is 319 g/mol. The zero-order chi connectivity index (χ0) is 13.9. The minimum atomic E-state index is -1.53. The van der Waals surface area contributed by atoms with Gasteiger partial charge in [0.2, 0.25) is 12.1 Å². The van der Waals surface area contributed by atoms with Crippen LogP contribution in [0.1, 0.15) is 27.2 Å². The van der Waals surface area contributed by atoms with Gasteiger partial charge in [0.25, 0.3) is 3.79 Å². The Kier molecular flexibility index (Phi) is 6.00.